The monoisotopic (exact) mass is 257 g/mol. The fraction of sp³-hybridized carbons (Fsp3) is 0.438. The Bertz CT molecular complexity index is 514. The Balaban J connectivity index is 2.03. The van der Waals surface area contributed by atoms with Gasteiger partial charge in [0.05, 0.1) is 5.69 Å². The largest absolute Gasteiger partial charge is 0.306 e. The Morgan fingerprint density at radius 3 is 2.47 bits per heavy atom. The number of aryl methyl sites for hydroxylation is 1. The van der Waals surface area contributed by atoms with E-state index >= 15 is 0 Å². The van der Waals surface area contributed by atoms with Crippen LogP contribution in [0, 0.1) is 0 Å². The van der Waals surface area contributed by atoms with E-state index in [1.165, 1.54) is 16.8 Å². The van der Waals surface area contributed by atoms with E-state index in [9.17, 15) is 0 Å². The first kappa shape index (κ1) is 13.8. The fourth-order valence-electron chi connectivity index (χ4n) is 2.30. The second-order valence-electron chi connectivity index (χ2n) is 5.38. The predicted octanol–water partition coefficient (Wildman–Crippen LogP) is 3.39. The molecule has 2 rings (SSSR count). The minimum Gasteiger partial charge on any atom is -0.306 e. The van der Waals surface area contributed by atoms with E-state index in [2.05, 4.69) is 61.6 Å². The molecule has 3 heteroatoms. The molecule has 102 valence electrons. The smallest absolute Gasteiger partial charge is 0.0694 e. The van der Waals surface area contributed by atoms with Gasteiger partial charge in [0.15, 0.2) is 0 Å². The normalized spacial score (nSPS) is 12.9. The molecule has 0 fully saturated rings. The van der Waals surface area contributed by atoms with Crippen molar-refractivity contribution in [1.29, 1.82) is 0 Å². The van der Waals surface area contributed by atoms with Crippen LogP contribution >= 0.6 is 0 Å². The summed E-state index contributed by atoms with van der Waals surface area (Å²) in [6.07, 6.45) is 2.11. The van der Waals surface area contributed by atoms with Gasteiger partial charge in [0.1, 0.15) is 0 Å². The number of rotatable bonds is 5. The quantitative estimate of drug-likeness (QED) is 0.889. The summed E-state index contributed by atoms with van der Waals surface area (Å²) < 4.78 is 1.90. The number of aromatic nitrogens is 2. The number of hydrogen-bond donors (Lipinski definition) is 1. The third-order valence-corrected chi connectivity index (χ3v) is 3.38. The van der Waals surface area contributed by atoms with Crippen LogP contribution in [0.2, 0.25) is 0 Å². The molecule has 0 aliphatic carbocycles. The van der Waals surface area contributed by atoms with Crippen molar-refractivity contribution in [3.05, 3.63) is 53.3 Å². The summed E-state index contributed by atoms with van der Waals surface area (Å²) >= 11 is 0. The van der Waals surface area contributed by atoms with Crippen molar-refractivity contribution in [3.8, 4) is 0 Å². The van der Waals surface area contributed by atoms with E-state index in [4.69, 9.17) is 0 Å². The van der Waals surface area contributed by atoms with E-state index in [0.717, 1.165) is 6.54 Å². The van der Waals surface area contributed by atoms with Crippen LogP contribution < -0.4 is 5.32 Å². The number of hydrogen-bond acceptors (Lipinski definition) is 2. The van der Waals surface area contributed by atoms with E-state index < -0.39 is 0 Å². The lowest BCUT2D eigenvalue weighted by molar-refractivity contribution is 0.570. The standard InChI is InChI=1S/C16H23N3/c1-12(2)16-15(11-19(4)18-16)10-17-13(3)14-8-6-5-7-9-14/h5-9,11-13,17H,10H2,1-4H3/t13-/m0/s1. The Morgan fingerprint density at radius 2 is 1.84 bits per heavy atom. The van der Waals surface area contributed by atoms with Crippen molar-refractivity contribution in [3.63, 3.8) is 0 Å². The third kappa shape index (κ3) is 3.44. The average Bonchev–Trinajstić information content (AvgIpc) is 2.78. The molecule has 19 heavy (non-hydrogen) atoms. The first-order chi connectivity index (χ1) is 9.08. The molecular formula is C16H23N3. The summed E-state index contributed by atoms with van der Waals surface area (Å²) in [5.41, 5.74) is 3.80. The molecule has 0 spiro atoms. The highest BCUT2D eigenvalue weighted by Crippen LogP contribution is 2.18. The molecule has 1 N–H and O–H groups in total. The molecule has 0 aliphatic rings. The van der Waals surface area contributed by atoms with Crippen molar-refractivity contribution >= 4 is 0 Å². The van der Waals surface area contributed by atoms with Gasteiger partial charge in [-0.15, -0.1) is 0 Å². The Kier molecular flexibility index (Phi) is 4.38. The molecule has 1 aromatic carbocycles. The summed E-state index contributed by atoms with van der Waals surface area (Å²) in [5, 5.41) is 8.11. The molecule has 2 aromatic rings. The second-order valence-corrected chi connectivity index (χ2v) is 5.38. The zero-order valence-electron chi connectivity index (χ0n) is 12.2. The maximum Gasteiger partial charge on any atom is 0.0694 e. The van der Waals surface area contributed by atoms with Crippen molar-refractivity contribution < 1.29 is 0 Å². The molecule has 1 heterocycles. The average molecular weight is 257 g/mol. The number of nitrogens with one attached hydrogen (secondary N) is 1. The van der Waals surface area contributed by atoms with Gasteiger partial charge in [0.2, 0.25) is 0 Å². The van der Waals surface area contributed by atoms with Crippen molar-refractivity contribution in [2.24, 2.45) is 7.05 Å². The fourth-order valence-corrected chi connectivity index (χ4v) is 2.30. The van der Waals surface area contributed by atoms with Crippen LogP contribution in [0.4, 0.5) is 0 Å². The third-order valence-electron chi connectivity index (χ3n) is 3.38. The zero-order chi connectivity index (χ0) is 13.8. The first-order valence-electron chi connectivity index (χ1n) is 6.88. The lowest BCUT2D eigenvalue weighted by atomic mass is 10.1. The molecule has 0 radical (unpaired) electrons. The number of benzene rings is 1. The molecular weight excluding hydrogens is 234 g/mol. The van der Waals surface area contributed by atoms with Gasteiger partial charge in [0, 0.05) is 31.4 Å². The molecule has 0 saturated heterocycles. The van der Waals surface area contributed by atoms with Gasteiger partial charge in [-0.25, -0.2) is 0 Å². The molecule has 1 atom stereocenters. The molecule has 0 aliphatic heterocycles. The van der Waals surface area contributed by atoms with Crippen LogP contribution in [0.15, 0.2) is 36.5 Å². The van der Waals surface area contributed by atoms with E-state index in [0.29, 0.717) is 12.0 Å². The molecule has 1 aromatic heterocycles. The SMILES string of the molecule is CC(C)c1nn(C)cc1CN[C@@H](C)c1ccccc1. The molecule has 0 amide bonds. The first-order valence-corrected chi connectivity index (χ1v) is 6.88. The van der Waals surface area contributed by atoms with Crippen LogP contribution in [-0.4, -0.2) is 9.78 Å². The maximum absolute atomic E-state index is 4.54. The van der Waals surface area contributed by atoms with Gasteiger partial charge in [-0.05, 0) is 18.4 Å². The van der Waals surface area contributed by atoms with Crippen LogP contribution in [0.3, 0.4) is 0 Å². The number of nitrogens with zero attached hydrogens (tertiary/aromatic N) is 2. The highest BCUT2D eigenvalue weighted by molar-refractivity contribution is 5.22. The van der Waals surface area contributed by atoms with Gasteiger partial charge < -0.3 is 5.32 Å². The summed E-state index contributed by atoms with van der Waals surface area (Å²) in [4.78, 5) is 0. The van der Waals surface area contributed by atoms with E-state index in [1.54, 1.807) is 0 Å². The molecule has 0 saturated carbocycles. The van der Waals surface area contributed by atoms with Gasteiger partial charge in [0.25, 0.3) is 0 Å². The molecule has 0 unspecified atom stereocenters. The van der Waals surface area contributed by atoms with Crippen LogP contribution in [0.25, 0.3) is 0 Å². The summed E-state index contributed by atoms with van der Waals surface area (Å²) in [6, 6.07) is 10.9. The van der Waals surface area contributed by atoms with Gasteiger partial charge >= 0.3 is 0 Å². The second kappa shape index (κ2) is 6.02. The van der Waals surface area contributed by atoms with Crippen molar-refractivity contribution in [1.82, 2.24) is 15.1 Å². The predicted molar refractivity (Wildman–Crippen MR) is 79.0 cm³/mol. The van der Waals surface area contributed by atoms with Crippen molar-refractivity contribution in [2.45, 2.75) is 39.3 Å². The van der Waals surface area contributed by atoms with Crippen LogP contribution in [0.5, 0.6) is 0 Å². The highest BCUT2D eigenvalue weighted by atomic mass is 15.3. The van der Waals surface area contributed by atoms with Crippen LogP contribution in [0.1, 0.15) is 49.6 Å². The summed E-state index contributed by atoms with van der Waals surface area (Å²) in [7, 11) is 1.98. The lowest BCUT2D eigenvalue weighted by Crippen LogP contribution is -2.18. The topological polar surface area (TPSA) is 29.9 Å². The zero-order valence-corrected chi connectivity index (χ0v) is 12.2. The summed E-state index contributed by atoms with van der Waals surface area (Å²) in [6.45, 7) is 7.43. The van der Waals surface area contributed by atoms with Crippen molar-refractivity contribution in [2.75, 3.05) is 0 Å². The van der Waals surface area contributed by atoms with E-state index in [-0.39, 0.29) is 0 Å². The van der Waals surface area contributed by atoms with Crippen LogP contribution in [-0.2, 0) is 13.6 Å². The maximum atomic E-state index is 4.54. The van der Waals surface area contributed by atoms with E-state index in [1.807, 2.05) is 17.8 Å². The summed E-state index contributed by atoms with van der Waals surface area (Å²) in [5.74, 6) is 0.463. The molecule has 3 nitrogen and oxygen atoms in total. The Morgan fingerprint density at radius 1 is 1.16 bits per heavy atom. The Labute approximate surface area is 115 Å². The van der Waals surface area contributed by atoms with Gasteiger partial charge in [-0.3, -0.25) is 4.68 Å². The minimum absolute atomic E-state index is 0.349. The lowest BCUT2D eigenvalue weighted by Gasteiger charge is -2.14. The van der Waals surface area contributed by atoms with Gasteiger partial charge in [-0.2, -0.15) is 5.10 Å². The minimum atomic E-state index is 0.349. The van der Waals surface area contributed by atoms with Gasteiger partial charge in [-0.1, -0.05) is 44.2 Å². The molecule has 0 bridgehead atoms. The highest BCUT2D eigenvalue weighted by Gasteiger charge is 2.12. The Hall–Kier alpha value is -1.61.